The summed E-state index contributed by atoms with van der Waals surface area (Å²) in [5.41, 5.74) is 1.79. The van der Waals surface area contributed by atoms with Crippen LogP contribution in [0.5, 0.6) is 0 Å². The van der Waals surface area contributed by atoms with Crippen molar-refractivity contribution < 1.29 is 22.7 Å². The first kappa shape index (κ1) is 26.5. The van der Waals surface area contributed by atoms with Crippen LogP contribution in [0, 0.1) is 17.5 Å². The minimum atomic E-state index is -0.951. The van der Waals surface area contributed by atoms with E-state index in [1.807, 2.05) is 12.1 Å². The number of carbonyl (C=O) groups excluding carboxylic acids is 1. The van der Waals surface area contributed by atoms with E-state index >= 15 is 4.39 Å². The van der Waals surface area contributed by atoms with Crippen molar-refractivity contribution in [1.29, 1.82) is 0 Å². The fourth-order valence-corrected chi connectivity index (χ4v) is 4.87. The highest BCUT2D eigenvalue weighted by Gasteiger charge is 2.35. The fraction of sp³-hybridized carbons (Fsp3) is 0.241. The van der Waals surface area contributed by atoms with Crippen molar-refractivity contribution in [1.82, 2.24) is 20.0 Å². The lowest BCUT2D eigenvalue weighted by molar-refractivity contribution is 0.159. The zero-order valence-electron chi connectivity index (χ0n) is 21.3. The lowest BCUT2D eigenvalue weighted by atomic mass is 9.94. The van der Waals surface area contributed by atoms with Crippen molar-refractivity contribution in [3.05, 3.63) is 102 Å². The number of benzene rings is 3. The molecule has 2 heterocycles. The zero-order valence-corrected chi connectivity index (χ0v) is 21.3. The second-order valence-corrected chi connectivity index (χ2v) is 9.36. The quantitative estimate of drug-likeness (QED) is 0.326. The van der Waals surface area contributed by atoms with Crippen molar-refractivity contribution in [3.63, 3.8) is 0 Å². The van der Waals surface area contributed by atoms with E-state index in [0.717, 1.165) is 12.1 Å². The van der Waals surface area contributed by atoms with Crippen molar-refractivity contribution in [2.75, 3.05) is 38.7 Å². The number of nitrogens with one attached hydrogen (secondary N) is 2. The third kappa shape index (κ3) is 5.81. The number of hydrogen-bond acceptors (Lipinski definition) is 4. The summed E-state index contributed by atoms with van der Waals surface area (Å²) in [5.74, 6) is -2.99. The molecule has 0 saturated carbocycles. The van der Waals surface area contributed by atoms with Gasteiger partial charge in [-0.1, -0.05) is 54.6 Å². The van der Waals surface area contributed by atoms with Crippen LogP contribution in [0.2, 0.25) is 0 Å². The third-order valence-corrected chi connectivity index (χ3v) is 6.80. The number of ether oxygens (including phenoxy) is 1. The van der Waals surface area contributed by atoms with Crippen LogP contribution in [-0.4, -0.2) is 60.1 Å². The highest BCUT2D eigenvalue weighted by atomic mass is 19.2. The van der Waals surface area contributed by atoms with Gasteiger partial charge in [0.1, 0.15) is 5.69 Å². The second-order valence-electron chi connectivity index (χ2n) is 9.36. The molecule has 2 amide bonds. The van der Waals surface area contributed by atoms with Gasteiger partial charge in [-0.15, -0.1) is 0 Å². The van der Waals surface area contributed by atoms with Gasteiger partial charge in [-0.3, -0.25) is 10.2 Å². The van der Waals surface area contributed by atoms with Crippen LogP contribution in [0.25, 0.3) is 16.9 Å². The van der Waals surface area contributed by atoms with Gasteiger partial charge in [0.15, 0.2) is 23.3 Å². The molecule has 10 heteroatoms. The smallest absolute Gasteiger partial charge is 0.320 e. The fourth-order valence-electron chi connectivity index (χ4n) is 4.87. The molecule has 0 bridgehead atoms. The van der Waals surface area contributed by atoms with Gasteiger partial charge in [-0.2, -0.15) is 5.10 Å². The summed E-state index contributed by atoms with van der Waals surface area (Å²) < 4.78 is 49.9. The first-order valence-corrected chi connectivity index (χ1v) is 12.6. The number of nitrogens with zero attached hydrogens (tertiary/aromatic N) is 3. The van der Waals surface area contributed by atoms with E-state index in [-0.39, 0.29) is 17.4 Å². The van der Waals surface area contributed by atoms with Gasteiger partial charge in [-0.05, 0) is 29.8 Å². The molecule has 0 unspecified atom stereocenters. The van der Waals surface area contributed by atoms with E-state index in [1.54, 1.807) is 55.6 Å². The van der Waals surface area contributed by atoms with E-state index in [0.29, 0.717) is 43.1 Å². The largest absolute Gasteiger partial charge is 0.383 e. The molecule has 4 aromatic rings. The minimum absolute atomic E-state index is 0.0982. The molecule has 39 heavy (non-hydrogen) atoms. The Morgan fingerprint density at radius 2 is 1.69 bits per heavy atom. The van der Waals surface area contributed by atoms with Crippen LogP contribution in [0.15, 0.2) is 78.9 Å². The van der Waals surface area contributed by atoms with Crippen LogP contribution in [0.3, 0.4) is 0 Å². The van der Waals surface area contributed by atoms with Crippen LogP contribution >= 0.6 is 0 Å². The number of halogens is 3. The van der Waals surface area contributed by atoms with E-state index in [4.69, 9.17) is 4.74 Å². The predicted molar refractivity (Wildman–Crippen MR) is 142 cm³/mol. The molecule has 3 aromatic carbocycles. The molecule has 1 aromatic heterocycles. The van der Waals surface area contributed by atoms with Gasteiger partial charge in [0.25, 0.3) is 0 Å². The van der Waals surface area contributed by atoms with E-state index in [2.05, 4.69) is 20.6 Å². The molecule has 0 radical (unpaired) electrons. The number of aromatic nitrogens is 2. The summed E-state index contributed by atoms with van der Waals surface area (Å²) in [4.78, 5) is 15.3. The molecule has 5 rings (SSSR count). The predicted octanol–water partition coefficient (Wildman–Crippen LogP) is 5.19. The highest BCUT2D eigenvalue weighted by Crippen LogP contribution is 2.31. The van der Waals surface area contributed by atoms with Crippen LogP contribution in [0.4, 0.5) is 23.8 Å². The molecule has 1 aliphatic rings. The molecule has 0 spiro atoms. The Labute approximate surface area is 224 Å². The number of anilines is 1. The number of hydrogen-bond donors (Lipinski definition) is 2. The molecular weight excluding hydrogens is 507 g/mol. The average molecular weight is 536 g/mol. The van der Waals surface area contributed by atoms with Gasteiger partial charge in [0.05, 0.1) is 18.3 Å². The first-order chi connectivity index (χ1) is 18.9. The Kier molecular flexibility index (Phi) is 7.94. The van der Waals surface area contributed by atoms with E-state index in [9.17, 15) is 13.6 Å². The Hall–Kier alpha value is -4.15. The molecule has 1 saturated heterocycles. The topological polar surface area (TPSA) is 71.4 Å². The number of carbonyl (C=O) groups is 1. The molecule has 2 N–H and O–H groups in total. The van der Waals surface area contributed by atoms with Crippen molar-refractivity contribution in [3.8, 4) is 16.9 Å². The summed E-state index contributed by atoms with van der Waals surface area (Å²) in [6.45, 7) is 2.05. The van der Waals surface area contributed by atoms with E-state index in [1.165, 1.54) is 10.7 Å². The van der Waals surface area contributed by atoms with Crippen LogP contribution in [0.1, 0.15) is 11.5 Å². The SMILES string of the molecule is COCCN1C[C@@H](NC(=O)Nc2c(F)c(-c3ccccc3)nn2-c2ccccc2)[C@H](c2ccc(F)c(F)c2)C1. The third-order valence-electron chi connectivity index (χ3n) is 6.80. The van der Waals surface area contributed by atoms with Crippen molar-refractivity contribution in [2.24, 2.45) is 0 Å². The summed E-state index contributed by atoms with van der Waals surface area (Å²) in [5, 5.41) is 10.0. The normalized spacial score (nSPS) is 17.3. The molecule has 1 aliphatic heterocycles. The summed E-state index contributed by atoms with van der Waals surface area (Å²) in [6, 6.07) is 20.5. The van der Waals surface area contributed by atoms with Gasteiger partial charge in [0, 0.05) is 38.2 Å². The Morgan fingerprint density at radius 1 is 0.974 bits per heavy atom. The van der Waals surface area contributed by atoms with E-state index < -0.39 is 29.5 Å². The molecule has 202 valence electrons. The van der Waals surface area contributed by atoms with Gasteiger partial charge >= 0.3 is 6.03 Å². The molecule has 2 atom stereocenters. The van der Waals surface area contributed by atoms with Crippen molar-refractivity contribution in [2.45, 2.75) is 12.0 Å². The summed E-state index contributed by atoms with van der Waals surface area (Å²) >= 11 is 0. The standard InChI is InChI=1S/C29H28F3N5O2/c1-39-15-14-36-17-22(20-12-13-23(30)24(31)16-20)25(18-36)33-29(38)34-28-26(32)27(19-8-4-2-5-9-19)35-37(28)21-10-6-3-7-11-21/h2-13,16,22,25H,14-15,17-18H2,1H3,(H2,33,34,38)/t22-,25+/m0/s1. The number of urea groups is 1. The Balaban J connectivity index is 1.42. The first-order valence-electron chi connectivity index (χ1n) is 12.6. The molecule has 0 aliphatic carbocycles. The zero-order chi connectivity index (χ0) is 27.4. The lowest BCUT2D eigenvalue weighted by Crippen LogP contribution is -2.42. The number of methoxy groups -OCH3 is 1. The summed E-state index contributed by atoms with van der Waals surface area (Å²) in [7, 11) is 1.60. The molecule has 1 fully saturated rings. The maximum Gasteiger partial charge on any atom is 0.320 e. The maximum absolute atomic E-state index is 15.7. The molecule has 7 nitrogen and oxygen atoms in total. The number of amides is 2. The Bertz CT molecular complexity index is 1430. The summed E-state index contributed by atoms with van der Waals surface area (Å²) in [6.07, 6.45) is 0. The lowest BCUT2D eigenvalue weighted by Gasteiger charge is -2.21. The van der Waals surface area contributed by atoms with Gasteiger partial charge in [0.2, 0.25) is 0 Å². The highest BCUT2D eigenvalue weighted by molar-refractivity contribution is 5.90. The minimum Gasteiger partial charge on any atom is -0.383 e. The van der Waals surface area contributed by atoms with Gasteiger partial charge in [-0.25, -0.2) is 22.6 Å². The van der Waals surface area contributed by atoms with Crippen LogP contribution < -0.4 is 10.6 Å². The number of para-hydroxylation sites is 1. The second kappa shape index (κ2) is 11.7. The molecular formula is C29H28F3N5O2. The maximum atomic E-state index is 15.7. The van der Waals surface area contributed by atoms with Crippen LogP contribution in [-0.2, 0) is 4.74 Å². The van der Waals surface area contributed by atoms with Gasteiger partial charge < -0.3 is 10.1 Å². The average Bonchev–Trinajstić information content (AvgIpc) is 3.50. The number of likely N-dealkylation sites (tertiary alicyclic amines) is 1. The van der Waals surface area contributed by atoms with Crippen molar-refractivity contribution >= 4 is 11.8 Å². The number of rotatable bonds is 8. The Morgan fingerprint density at radius 3 is 2.38 bits per heavy atom. The monoisotopic (exact) mass is 535 g/mol.